The van der Waals surface area contributed by atoms with Crippen LogP contribution in [0.4, 0.5) is 0 Å². The fraction of sp³-hybridized carbons (Fsp3) is 0.467. The largest absolute Gasteiger partial charge is 0.370 e. The lowest BCUT2D eigenvalue weighted by Crippen LogP contribution is -2.49. The highest BCUT2D eigenvalue weighted by atomic mass is 35.5. The summed E-state index contributed by atoms with van der Waals surface area (Å²) >= 11 is 12.1. The first-order valence-corrected chi connectivity index (χ1v) is 8.46. The maximum absolute atomic E-state index is 12.3. The normalized spacial score (nSPS) is 24.0. The third-order valence-corrected chi connectivity index (χ3v) is 4.56. The lowest BCUT2D eigenvalue weighted by atomic mass is 10.0. The molecular weight excluding hydrogens is 353 g/mol. The summed E-state index contributed by atoms with van der Waals surface area (Å²) in [5, 5.41) is 8.90. The molecule has 1 aromatic rings. The molecule has 2 aliphatic rings. The zero-order valence-corrected chi connectivity index (χ0v) is 14.5. The van der Waals surface area contributed by atoms with Crippen LogP contribution >= 0.6 is 23.2 Å². The number of nitrogens with zero attached hydrogens (tertiary/aromatic N) is 2. The van der Waals surface area contributed by atoms with E-state index in [1.165, 1.54) is 0 Å². The molecule has 1 aromatic carbocycles. The molecule has 9 heteroatoms. The first-order chi connectivity index (χ1) is 11.6. The fourth-order valence-electron chi connectivity index (χ4n) is 2.70. The lowest BCUT2D eigenvalue weighted by Gasteiger charge is -2.27. The van der Waals surface area contributed by atoms with E-state index in [-0.39, 0.29) is 24.6 Å². The van der Waals surface area contributed by atoms with Crippen molar-refractivity contribution in [1.82, 2.24) is 21.1 Å². The van der Waals surface area contributed by atoms with Crippen molar-refractivity contribution >= 4 is 35.4 Å². The van der Waals surface area contributed by atoms with Gasteiger partial charge in [-0.3, -0.25) is 14.8 Å². The fourth-order valence-corrected chi connectivity index (χ4v) is 3.01. The molecule has 1 fully saturated rings. The van der Waals surface area contributed by atoms with E-state index in [0.717, 1.165) is 12.1 Å². The maximum atomic E-state index is 12.3. The van der Waals surface area contributed by atoms with Gasteiger partial charge >= 0.3 is 0 Å². The number of hydrazine groups is 1. The second-order valence-electron chi connectivity index (χ2n) is 5.59. The van der Waals surface area contributed by atoms with E-state index < -0.39 is 0 Å². The van der Waals surface area contributed by atoms with Gasteiger partial charge in [0.05, 0.1) is 22.7 Å². The summed E-state index contributed by atoms with van der Waals surface area (Å²) in [6.45, 7) is 2.57. The molecule has 2 atom stereocenters. The second-order valence-corrected chi connectivity index (χ2v) is 6.40. The summed E-state index contributed by atoms with van der Waals surface area (Å²) in [4.78, 5) is 16.3. The molecule has 1 saturated heterocycles. The quantitative estimate of drug-likeness (QED) is 0.734. The SMILES string of the molecule is O=C(CN1C=NCN1)N[C@@H]1CNCCO[C@H]1c1ccc(Cl)c(Cl)c1. The van der Waals surface area contributed by atoms with Crippen molar-refractivity contribution in [3.05, 3.63) is 33.8 Å². The Kier molecular flexibility index (Phi) is 5.91. The molecule has 0 aliphatic carbocycles. The van der Waals surface area contributed by atoms with Crippen molar-refractivity contribution in [2.45, 2.75) is 12.1 Å². The van der Waals surface area contributed by atoms with Crippen molar-refractivity contribution in [1.29, 1.82) is 0 Å². The number of hydrogen-bond acceptors (Lipinski definition) is 6. The zero-order chi connectivity index (χ0) is 16.9. The summed E-state index contributed by atoms with van der Waals surface area (Å²) in [6.07, 6.45) is 1.32. The van der Waals surface area contributed by atoms with Gasteiger partial charge in [0.25, 0.3) is 0 Å². The van der Waals surface area contributed by atoms with E-state index in [9.17, 15) is 4.79 Å². The maximum Gasteiger partial charge on any atom is 0.241 e. The molecule has 3 N–H and O–H groups in total. The predicted molar refractivity (Wildman–Crippen MR) is 93.2 cm³/mol. The Morgan fingerprint density at radius 1 is 1.42 bits per heavy atom. The van der Waals surface area contributed by atoms with Crippen LogP contribution in [-0.2, 0) is 9.53 Å². The van der Waals surface area contributed by atoms with Crippen molar-refractivity contribution in [2.24, 2.45) is 4.99 Å². The number of carbonyl (C=O) groups excluding carboxylic acids is 1. The minimum Gasteiger partial charge on any atom is -0.370 e. The third-order valence-electron chi connectivity index (χ3n) is 3.82. The first-order valence-electron chi connectivity index (χ1n) is 7.70. The molecule has 2 aliphatic heterocycles. The van der Waals surface area contributed by atoms with E-state index >= 15 is 0 Å². The molecule has 130 valence electrons. The van der Waals surface area contributed by atoms with Crippen LogP contribution in [0.2, 0.25) is 10.0 Å². The Labute approximate surface area is 150 Å². The zero-order valence-electron chi connectivity index (χ0n) is 13.0. The number of carbonyl (C=O) groups is 1. The Morgan fingerprint density at radius 2 is 2.29 bits per heavy atom. The van der Waals surface area contributed by atoms with Crippen LogP contribution in [0, 0.1) is 0 Å². The van der Waals surface area contributed by atoms with E-state index in [2.05, 4.69) is 21.1 Å². The summed E-state index contributed by atoms with van der Waals surface area (Å²) in [7, 11) is 0. The molecule has 0 spiro atoms. The first kappa shape index (κ1) is 17.4. The molecule has 0 radical (unpaired) electrons. The van der Waals surface area contributed by atoms with Gasteiger partial charge in [-0.1, -0.05) is 29.3 Å². The Bertz CT molecular complexity index is 628. The molecule has 0 saturated carbocycles. The van der Waals surface area contributed by atoms with Crippen molar-refractivity contribution in [2.75, 3.05) is 32.9 Å². The number of benzene rings is 1. The van der Waals surface area contributed by atoms with Crippen LogP contribution in [0.3, 0.4) is 0 Å². The molecular formula is C15H19Cl2N5O2. The molecule has 2 heterocycles. The molecule has 0 bridgehead atoms. The van der Waals surface area contributed by atoms with Crippen molar-refractivity contribution in [3.8, 4) is 0 Å². The molecule has 3 rings (SSSR count). The van der Waals surface area contributed by atoms with Crippen LogP contribution in [0.1, 0.15) is 11.7 Å². The van der Waals surface area contributed by atoms with Crippen LogP contribution in [0.5, 0.6) is 0 Å². The van der Waals surface area contributed by atoms with E-state index in [1.54, 1.807) is 23.5 Å². The predicted octanol–water partition coefficient (Wildman–Crippen LogP) is 0.945. The van der Waals surface area contributed by atoms with Gasteiger partial charge in [-0.05, 0) is 17.7 Å². The number of rotatable bonds is 4. The molecule has 1 amide bonds. The van der Waals surface area contributed by atoms with Gasteiger partial charge in [-0.15, -0.1) is 0 Å². The van der Waals surface area contributed by atoms with Crippen molar-refractivity contribution < 1.29 is 9.53 Å². The van der Waals surface area contributed by atoms with Gasteiger partial charge in [-0.25, -0.2) is 5.43 Å². The molecule has 7 nitrogen and oxygen atoms in total. The average molecular weight is 372 g/mol. The van der Waals surface area contributed by atoms with Gasteiger partial charge in [0.1, 0.15) is 25.7 Å². The van der Waals surface area contributed by atoms with Crippen LogP contribution in [-0.4, -0.2) is 56.2 Å². The number of halogens is 2. The highest BCUT2D eigenvalue weighted by Crippen LogP contribution is 2.29. The van der Waals surface area contributed by atoms with Gasteiger partial charge in [0.15, 0.2) is 0 Å². The van der Waals surface area contributed by atoms with E-state index in [0.29, 0.717) is 29.9 Å². The highest BCUT2D eigenvalue weighted by Gasteiger charge is 2.28. The molecule has 24 heavy (non-hydrogen) atoms. The summed E-state index contributed by atoms with van der Waals surface area (Å²) < 4.78 is 5.93. The van der Waals surface area contributed by atoms with E-state index in [1.807, 2.05) is 6.07 Å². The number of hydrogen-bond donors (Lipinski definition) is 3. The van der Waals surface area contributed by atoms with Gasteiger partial charge in [-0.2, -0.15) is 0 Å². The highest BCUT2D eigenvalue weighted by molar-refractivity contribution is 6.42. The van der Waals surface area contributed by atoms with Crippen LogP contribution in [0.15, 0.2) is 23.2 Å². The smallest absolute Gasteiger partial charge is 0.241 e. The summed E-state index contributed by atoms with van der Waals surface area (Å²) in [6, 6.07) is 5.19. The number of nitrogens with one attached hydrogen (secondary N) is 3. The van der Waals surface area contributed by atoms with Gasteiger partial charge in [0.2, 0.25) is 5.91 Å². The third kappa shape index (κ3) is 4.37. The Morgan fingerprint density at radius 3 is 3.04 bits per heavy atom. The van der Waals surface area contributed by atoms with E-state index in [4.69, 9.17) is 27.9 Å². The lowest BCUT2D eigenvalue weighted by molar-refractivity contribution is -0.123. The summed E-state index contributed by atoms with van der Waals surface area (Å²) in [5.41, 5.74) is 3.85. The number of ether oxygens (including phenoxy) is 1. The number of amides is 1. The standard InChI is InChI=1S/C15H19Cl2N5O2/c16-11-2-1-10(5-12(11)17)15-13(6-18-3-4-24-15)21-14(23)7-22-9-19-8-20-22/h1-2,5,9,13,15,18,20H,3-4,6-8H2,(H,21,23)/t13-,15+/m1/s1. The average Bonchev–Trinajstić information content (AvgIpc) is 2.95. The topological polar surface area (TPSA) is 78.0 Å². The monoisotopic (exact) mass is 371 g/mol. The summed E-state index contributed by atoms with van der Waals surface area (Å²) in [5.74, 6) is -0.113. The van der Waals surface area contributed by atoms with Crippen LogP contribution in [0.25, 0.3) is 0 Å². The Balaban J connectivity index is 1.70. The minimum absolute atomic E-state index is 0.113. The second kappa shape index (κ2) is 8.13. The Hall–Kier alpha value is -1.38. The minimum atomic E-state index is -0.293. The number of aliphatic imine (C=N–C) groups is 1. The van der Waals surface area contributed by atoms with Crippen LogP contribution < -0.4 is 16.1 Å². The van der Waals surface area contributed by atoms with Gasteiger partial charge in [0, 0.05) is 13.1 Å². The van der Waals surface area contributed by atoms with Crippen molar-refractivity contribution in [3.63, 3.8) is 0 Å². The van der Waals surface area contributed by atoms with Gasteiger partial charge < -0.3 is 15.4 Å². The molecule has 0 aromatic heterocycles. The molecule has 0 unspecified atom stereocenters.